The van der Waals surface area contributed by atoms with Crippen molar-refractivity contribution in [2.75, 3.05) is 11.9 Å². The lowest BCUT2D eigenvalue weighted by atomic mass is 9.77. The van der Waals surface area contributed by atoms with Crippen LogP contribution in [0, 0.1) is 20.8 Å². The van der Waals surface area contributed by atoms with Crippen LogP contribution in [0.15, 0.2) is 22.6 Å². The Morgan fingerprint density at radius 3 is 2.46 bits per heavy atom. The minimum Gasteiger partial charge on any atom is -0.511 e. The fourth-order valence-corrected chi connectivity index (χ4v) is 4.05. The molecule has 152 valence electrons. The van der Waals surface area contributed by atoms with Gasteiger partial charge < -0.3 is 15.3 Å². The lowest BCUT2D eigenvalue weighted by Gasteiger charge is -2.28. The number of rotatable bonds is 6. The van der Waals surface area contributed by atoms with Crippen LogP contribution in [-0.4, -0.2) is 29.1 Å². The van der Waals surface area contributed by atoms with E-state index in [2.05, 4.69) is 10.5 Å². The normalized spacial score (nSPS) is 17.7. The number of carbonyl (C=O) groups is 2. The maximum absolute atomic E-state index is 12.9. The second-order valence-corrected chi connectivity index (χ2v) is 7.26. The second kappa shape index (κ2) is 9.04. The molecule has 0 bridgehead atoms. The van der Waals surface area contributed by atoms with E-state index in [4.69, 9.17) is 4.84 Å². The third kappa shape index (κ3) is 4.43. The largest absolute Gasteiger partial charge is 0.511 e. The molecule has 0 radical (unpaired) electrons. The molecule has 28 heavy (non-hydrogen) atoms. The van der Waals surface area contributed by atoms with E-state index in [0.29, 0.717) is 25.2 Å². The first-order valence-corrected chi connectivity index (χ1v) is 9.73. The smallest absolute Gasteiger partial charge is 0.221 e. The second-order valence-electron chi connectivity index (χ2n) is 7.26. The van der Waals surface area contributed by atoms with Crippen LogP contribution < -0.4 is 5.32 Å². The molecule has 1 aromatic rings. The molecule has 1 aliphatic carbocycles. The zero-order valence-electron chi connectivity index (χ0n) is 17.6. The van der Waals surface area contributed by atoms with E-state index in [1.165, 1.54) is 6.92 Å². The molecule has 1 amide bonds. The van der Waals surface area contributed by atoms with E-state index in [-0.39, 0.29) is 35.4 Å². The Kier molecular flexibility index (Phi) is 7.00. The highest BCUT2D eigenvalue weighted by atomic mass is 16.6. The summed E-state index contributed by atoms with van der Waals surface area (Å²) >= 11 is 0. The summed E-state index contributed by atoms with van der Waals surface area (Å²) in [7, 11) is 0. The number of nitrogens with one attached hydrogen (secondary N) is 1. The Labute approximate surface area is 166 Å². The Hall–Kier alpha value is -2.63. The van der Waals surface area contributed by atoms with Crippen LogP contribution in [0.2, 0.25) is 0 Å². The molecule has 0 fully saturated rings. The van der Waals surface area contributed by atoms with Crippen LogP contribution in [-0.2, 0) is 14.4 Å². The zero-order valence-corrected chi connectivity index (χ0v) is 17.6. The fourth-order valence-electron chi connectivity index (χ4n) is 4.05. The van der Waals surface area contributed by atoms with Gasteiger partial charge in [0.1, 0.15) is 12.4 Å². The molecule has 0 heterocycles. The first-order chi connectivity index (χ1) is 13.2. The third-order valence-electron chi connectivity index (χ3n) is 5.11. The minimum atomic E-state index is -0.144. The number of hydrogen-bond acceptors (Lipinski definition) is 5. The molecule has 0 spiro atoms. The number of anilines is 1. The van der Waals surface area contributed by atoms with Crippen LogP contribution in [0.5, 0.6) is 0 Å². The molecule has 1 unspecified atom stereocenters. The van der Waals surface area contributed by atoms with Crippen molar-refractivity contribution in [2.24, 2.45) is 5.16 Å². The number of carbonyl (C=O) groups excluding carboxylic acids is 2. The zero-order chi connectivity index (χ0) is 21.0. The number of aliphatic hydroxyl groups is 1. The highest BCUT2D eigenvalue weighted by Gasteiger charge is 2.33. The lowest BCUT2D eigenvalue weighted by molar-refractivity contribution is -0.116. The maximum atomic E-state index is 12.9. The summed E-state index contributed by atoms with van der Waals surface area (Å²) in [5, 5.41) is 17.6. The standard InChI is InChI=1S/C22H30N2O4/c1-7-17(24-28-8-2)21-18(26)10-16(11-19(21)27)20-12(3)9-13(4)22(14(20)5)23-15(6)25/h9,16,26H,7-8,10-11H2,1-6H3,(H,23,25)/b24-17-. The summed E-state index contributed by atoms with van der Waals surface area (Å²) in [5.41, 5.74) is 5.54. The quantitative estimate of drug-likeness (QED) is 0.551. The summed E-state index contributed by atoms with van der Waals surface area (Å²) in [5.74, 6) is -0.350. The van der Waals surface area contributed by atoms with Gasteiger partial charge in [0.2, 0.25) is 5.91 Å². The van der Waals surface area contributed by atoms with Gasteiger partial charge in [0.25, 0.3) is 0 Å². The van der Waals surface area contributed by atoms with Crippen molar-refractivity contribution in [1.82, 2.24) is 0 Å². The van der Waals surface area contributed by atoms with E-state index in [1.807, 2.05) is 40.7 Å². The number of aryl methyl sites for hydroxylation is 2. The molecular formula is C22H30N2O4. The van der Waals surface area contributed by atoms with Gasteiger partial charge in [0, 0.05) is 25.5 Å². The average molecular weight is 386 g/mol. The van der Waals surface area contributed by atoms with Gasteiger partial charge in [-0.15, -0.1) is 0 Å². The van der Waals surface area contributed by atoms with Crippen LogP contribution in [0.3, 0.4) is 0 Å². The van der Waals surface area contributed by atoms with Crippen molar-refractivity contribution >= 4 is 23.1 Å². The van der Waals surface area contributed by atoms with Gasteiger partial charge in [-0.1, -0.05) is 18.1 Å². The van der Waals surface area contributed by atoms with Gasteiger partial charge in [-0.25, -0.2) is 0 Å². The number of ketones is 1. The highest BCUT2D eigenvalue weighted by Crippen LogP contribution is 2.40. The lowest BCUT2D eigenvalue weighted by Crippen LogP contribution is -2.25. The van der Waals surface area contributed by atoms with Crippen molar-refractivity contribution in [1.29, 1.82) is 0 Å². The van der Waals surface area contributed by atoms with Crippen molar-refractivity contribution in [2.45, 2.75) is 66.7 Å². The van der Waals surface area contributed by atoms with E-state index in [9.17, 15) is 14.7 Å². The Balaban J connectivity index is 2.47. The Bertz CT molecular complexity index is 853. The first kappa shape index (κ1) is 21.7. The summed E-state index contributed by atoms with van der Waals surface area (Å²) in [6.07, 6.45) is 1.15. The number of oxime groups is 1. The van der Waals surface area contributed by atoms with E-state index >= 15 is 0 Å². The molecule has 2 N–H and O–H groups in total. The van der Waals surface area contributed by atoms with Crippen molar-refractivity contribution in [3.8, 4) is 0 Å². The molecule has 1 atom stereocenters. The molecule has 0 aliphatic heterocycles. The van der Waals surface area contributed by atoms with Crippen LogP contribution in [0.25, 0.3) is 0 Å². The first-order valence-electron chi connectivity index (χ1n) is 9.73. The monoisotopic (exact) mass is 386 g/mol. The van der Waals surface area contributed by atoms with Gasteiger partial charge in [-0.05, 0) is 62.3 Å². The number of amides is 1. The summed E-state index contributed by atoms with van der Waals surface area (Å²) < 4.78 is 0. The number of allylic oxidation sites excluding steroid dienone is 2. The fraction of sp³-hybridized carbons (Fsp3) is 0.500. The molecule has 0 saturated carbocycles. The molecule has 2 rings (SSSR count). The Morgan fingerprint density at radius 1 is 1.25 bits per heavy atom. The van der Waals surface area contributed by atoms with E-state index in [0.717, 1.165) is 27.9 Å². The van der Waals surface area contributed by atoms with Crippen LogP contribution in [0.4, 0.5) is 5.69 Å². The SMILES string of the molecule is CCO/N=C(/CC)C1=C(O)CC(c2c(C)cc(C)c(NC(C)=O)c2C)CC1=O. The number of Topliss-reactive ketones (excluding diaryl/α,β-unsaturated/α-hetero) is 1. The number of benzene rings is 1. The van der Waals surface area contributed by atoms with E-state index in [1.54, 1.807) is 0 Å². The molecule has 6 heteroatoms. The van der Waals surface area contributed by atoms with Gasteiger partial charge >= 0.3 is 0 Å². The average Bonchev–Trinajstić information content (AvgIpc) is 2.60. The predicted octanol–water partition coefficient (Wildman–Crippen LogP) is 4.63. The molecule has 6 nitrogen and oxygen atoms in total. The molecule has 1 aromatic carbocycles. The number of aliphatic hydroxyl groups excluding tert-OH is 1. The van der Waals surface area contributed by atoms with E-state index < -0.39 is 0 Å². The van der Waals surface area contributed by atoms with Gasteiger partial charge in [-0.2, -0.15) is 0 Å². The molecular weight excluding hydrogens is 356 g/mol. The van der Waals surface area contributed by atoms with Crippen molar-refractivity contribution in [3.05, 3.63) is 39.7 Å². The maximum Gasteiger partial charge on any atom is 0.221 e. The minimum absolute atomic E-state index is 0.0574. The number of hydrogen-bond donors (Lipinski definition) is 2. The summed E-state index contributed by atoms with van der Waals surface area (Å²) in [6.45, 7) is 11.5. The number of nitrogens with zero attached hydrogens (tertiary/aromatic N) is 1. The highest BCUT2D eigenvalue weighted by molar-refractivity contribution is 6.23. The van der Waals surface area contributed by atoms with Crippen LogP contribution >= 0.6 is 0 Å². The topological polar surface area (TPSA) is 88.0 Å². The summed E-state index contributed by atoms with van der Waals surface area (Å²) in [4.78, 5) is 29.6. The molecule has 0 saturated heterocycles. The van der Waals surface area contributed by atoms with Crippen molar-refractivity contribution < 1.29 is 19.5 Å². The third-order valence-corrected chi connectivity index (χ3v) is 5.11. The van der Waals surface area contributed by atoms with Gasteiger partial charge in [0.15, 0.2) is 5.78 Å². The van der Waals surface area contributed by atoms with Crippen molar-refractivity contribution in [3.63, 3.8) is 0 Å². The summed E-state index contributed by atoms with van der Waals surface area (Å²) in [6, 6.07) is 2.02. The molecule has 0 aromatic heterocycles. The predicted molar refractivity (Wildman–Crippen MR) is 111 cm³/mol. The van der Waals surface area contributed by atoms with Gasteiger partial charge in [-0.3, -0.25) is 9.59 Å². The van der Waals surface area contributed by atoms with Crippen LogP contribution in [0.1, 0.15) is 68.2 Å². The van der Waals surface area contributed by atoms with Gasteiger partial charge in [0.05, 0.1) is 11.3 Å². The Morgan fingerprint density at radius 2 is 1.93 bits per heavy atom. The molecule has 1 aliphatic rings.